The first-order valence-electron chi connectivity index (χ1n) is 7.26. The van der Waals surface area contributed by atoms with E-state index < -0.39 is 0 Å². The zero-order valence-corrected chi connectivity index (χ0v) is 14.8. The second-order valence-corrected chi connectivity index (χ2v) is 7.76. The summed E-state index contributed by atoms with van der Waals surface area (Å²) in [6, 6.07) is 6.02. The molecule has 0 aliphatic carbocycles. The van der Waals surface area contributed by atoms with Crippen molar-refractivity contribution in [3.8, 4) is 0 Å². The number of rotatable bonds is 7. The third-order valence-corrected chi connectivity index (χ3v) is 4.76. The maximum atomic E-state index is 11.4. The van der Waals surface area contributed by atoms with Gasteiger partial charge in [0, 0.05) is 17.7 Å². The highest BCUT2D eigenvalue weighted by Crippen LogP contribution is 2.41. The van der Waals surface area contributed by atoms with E-state index in [0.717, 1.165) is 16.0 Å². The molecule has 22 heavy (non-hydrogen) atoms. The molecule has 122 valence electrons. The fraction of sp³-hybridized carbons (Fsp3) is 0.529. The van der Waals surface area contributed by atoms with E-state index in [9.17, 15) is 9.59 Å². The molecular weight excluding hydrogens is 296 g/mol. The van der Waals surface area contributed by atoms with E-state index in [-0.39, 0.29) is 35.5 Å². The van der Waals surface area contributed by atoms with Gasteiger partial charge in [-0.2, -0.15) is 0 Å². The first-order chi connectivity index (χ1) is 10.0. The first-order valence-corrected chi connectivity index (χ1v) is 8.48. The van der Waals surface area contributed by atoms with Crippen LogP contribution in [0.5, 0.6) is 0 Å². The third kappa shape index (κ3) is 4.26. The first kappa shape index (κ1) is 18.6. The van der Waals surface area contributed by atoms with Crippen LogP contribution in [0, 0.1) is 0 Å². The number of carbonyl (C=O) groups excluding carboxylic acids is 2. The maximum Gasteiger partial charge on any atom is 0.218 e. The van der Waals surface area contributed by atoms with Gasteiger partial charge in [-0.15, -0.1) is 11.8 Å². The zero-order valence-electron chi connectivity index (χ0n) is 14.0. The van der Waals surface area contributed by atoms with Crippen LogP contribution in [-0.2, 0) is 20.4 Å². The van der Waals surface area contributed by atoms with Gasteiger partial charge in [0.2, 0.25) is 11.8 Å². The minimum atomic E-state index is -0.358. The molecule has 0 aliphatic rings. The number of nitrogens with two attached hydrogens (primary N) is 2. The summed E-state index contributed by atoms with van der Waals surface area (Å²) in [6.07, 6.45) is 2.56. The normalized spacial score (nSPS) is 12.2. The maximum absolute atomic E-state index is 11.4. The molecule has 0 heterocycles. The predicted octanol–water partition coefficient (Wildman–Crippen LogP) is 2.71. The quantitative estimate of drug-likeness (QED) is 0.757. The van der Waals surface area contributed by atoms with Crippen LogP contribution >= 0.6 is 11.8 Å². The standard InChI is InChI=1S/C17H26N2O2S/c1-16(2,9-13(18)20)11-7-6-8-12(15(11)22-5)17(3,4)10-14(19)21/h6-8H,9-10H2,1-5H3,(H2,18,20)(H2,19,21). The van der Waals surface area contributed by atoms with Crippen LogP contribution in [0.1, 0.15) is 51.7 Å². The Kier molecular flexibility index (Phi) is 5.68. The van der Waals surface area contributed by atoms with Crippen LogP contribution < -0.4 is 11.5 Å². The van der Waals surface area contributed by atoms with Gasteiger partial charge in [-0.05, 0) is 28.2 Å². The molecule has 2 amide bonds. The lowest BCUT2D eigenvalue weighted by Gasteiger charge is -2.32. The summed E-state index contributed by atoms with van der Waals surface area (Å²) in [5, 5.41) is 0. The lowest BCUT2D eigenvalue weighted by Crippen LogP contribution is -2.30. The highest BCUT2D eigenvalue weighted by molar-refractivity contribution is 7.98. The van der Waals surface area contributed by atoms with Crippen LogP contribution in [0.25, 0.3) is 0 Å². The van der Waals surface area contributed by atoms with E-state index in [1.165, 1.54) is 0 Å². The van der Waals surface area contributed by atoms with E-state index >= 15 is 0 Å². The Morgan fingerprint density at radius 3 is 1.59 bits per heavy atom. The van der Waals surface area contributed by atoms with Gasteiger partial charge in [0.25, 0.3) is 0 Å². The summed E-state index contributed by atoms with van der Waals surface area (Å²) < 4.78 is 0. The Balaban J connectivity index is 3.43. The molecule has 0 radical (unpaired) electrons. The van der Waals surface area contributed by atoms with Crippen LogP contribution in [0.2, 0.25) is 0 Å². The molecular formula is C17H26N2O2S. The Hall–Kier alpha value is -1.49. The highest BCUT2D eigenvalue weighted by Gasteiger charge is 2.31. The van der Waals surface area contributed by atoms with Gasteiger partial charge >= 0.3 is 0 Å². The number of primary amides is 2. The largest absolute Gasteiger partial charge is 0.370 e. The molecule has 0 fully saturated rings. The van der Waals surface area contributed by atoms with Gasteiger partial charge in [0.05, 0.1) is 0 Å². The van der Waals surface area contributed by atoms with E-state index in [2.05, 4.69) is 0 Å². The Labute approximate surface area is 137 Å². The Bertz CT molecular complexity index is 534. The molecule has 0 spiro atoms. The van der Waals surface area contributed by atoms with Gasteiger partial charge < -0.3 is 11.5 Å². The summed E-state index contributed by atoms with van der Waals surface area (Å²) in [7, 11) is 0. The van der Waals surface area contributed by atoms with E-state index in [1.54, 1.807) is 11.8 Å². The molecule has 0 aromatic heterocycles. The average molecular weight is 322 g/mol. The number of thioether (sulfide) groups is 1. The molecule has 0 bridgehead atoms. The monoisotopic (exact) mass is 322 g/mol. The number of benzene rings is 1. The second-order valence-electron chi connectivity index (χ2n) is 6.94. The minimum Gasteiger partial charge on any atom is -0.370 e. The molecule has 0 unspecified atom stereocenters. The van der Waals surface area contributed by atoms with Gasteiger partial charge in [-0.1, -0.05) is 45.9 Å². The third-order valence-electron chi connectivity index (χ3n) is 3.91. The molecule has 1 aromatic carbocycles. The molecule has 5 heteroatoms. The topological polar surface area (TPSA) is 86.2 Å². The molecule has 0 saturated heterocycles. The van der Waals surface area contributed by atoms with E-state index in [1.807, 2.05) is 52.1 Å². The summed E-state index contributed by atoms with van der Waals surface area (Å²) in [6.45, 7) is 8.05. The van der Waals surface area contributed by atoms with Crippen LogP contribution in [0.15, 0.2) is 23.1 Å². The smallest absolute Gasteiger partial charge is 0.218 e. The fourth-order valence-electron chi connectivity index (χ4n) is 2.88. The summed E-state index contributed by atoms with van der Waals surface area (Å²) >= 11 is 1.63. The van der Waals surface area contributed by atoms with Gasteiger partial charge in [0.1, 0.15) is 0 Å². The van der Waals surface area contributed by atoms with Gasteiger partial charge in [-0.3, -0.25) is 9.59 Å². The molecule has 1 aromatic rings. The van der Waals surface area contributed by atoms with Gasteiger partial charge in [0.15, 0.2) is 0 Å². The summed E-state index contributed by atoms with van der Waals surface area (Å²) in [4.78, 5) is 23.8. The summed E-state index contributed by atoms with van der Waals surface area (Å²) in [5.74, 6) is -0.641. The van der Waals surface area contributed by atoms with Crippen molar-refractivity contribution < 1.29 is 9.59 Å². The van der Waals surface area contributed by atoms with Crippen molar-refractivity contribution >= 4 is 23.6 Å². The highest BCUT2D eigenvalue weighted by atomic mass is 32.2. The molecule has 1 rings (SSSR count). The van der Waals surface area contributed by atoms with Crippen molar-refractivity contribution in [2.75, 3.05) is 6.26 Å². The molecule has 0 atom stereocenters. The van der Waals surface area contributed by atoms with Crippen LogP contribution in [0.3, 0.4) is 0 Å². The Morgan fingerprint density at radius 1 is 0.955 bits per heavy atom. The van der Waals surface area contributed by atoms with Crippen molar-refractivity contribution in [2.45, 2.75) is 56.3 Å². The molecule has 0 saturated carbocycles. The number of hydrogen-bond donors (Lipinski definition) is 2. The van der Waals surface area contributed by atoms with Crippen molar-refractivity contribution in [2.24, 2.45) is 11.5 Å². The predicted molar refractivity (Wildman–Crippen MR) is 91.9 cm³/mol. The average Bonchev–Trinajstić information content (AvgIpc) is 2.34. The lowest BCUT2D eigenvalue weighted by atomic mass is 9.76. The van der Waals surface area contributed by atoms with Crippen molar-refractivity contribution in [1.82, 2.24) is 0 Å². The molecule has 4 N–H and O–H groups in total. The zero-order chi connectivity index (χ0) is 17.1. The van der Waals surface area contributed by atoms with E-state index in [4.69, 9.17) is 11.5 Å². The van der Waals surface area contributed by atoms with Gasteiger partial charge in [-0.25, -0.2) is 0 Å². The molecule has 0 aliphatic heterocycles. The number of hydrogen-bond acceptors (Lipinski definition) is 3. The van der Waals surface area contributed by atoms with E-state index in [0.29, 0.717) is 0 Å². The van der Waals surface area contributed by atoms with Crippen LogP contribution in [-0.4, -0.2) is 18.1 Å². The van der Waals surface area contributed by atoms with Crippen molar-refractivity contribution in [1.29, 1.82) is 0 Å². The fourth-order valence-corrected chi connectivity index (χ4v) is 4.01. The molecule has 4 nitrogen and oxygen atoms in total. The van der Waals surface area contributed by atoms with Crippen molar-refractivity contribution in [3.05, 3.63) is 29.3 Å². The number of carbonyl (C=O) groups is 2. The van der Waals surface area contributed by atoms with Crippen molar-refractivity contribution in [3.63, 3.8) is 0 Å². The minimum absolute atomic E-state index is 0.278. The summed E-state index contributed by atoms with van der Waals surface area (Å²) in [5.41, 5.74) is 12.2. The second kappa shape index (κ2) is 6.73. The SMILES string of the molecule is CSc1c(C(C)(C)CC(N)=O)cccc1C(C)(C)CC(N)=O. The number of amides is 2. The van der Waals surface area contributed by atoms with Crippen LogP contribution in [0.4, 0.5) is 0 Å². The lowest BCUT2D eigenvalue weighted by molar-refractivity contribution is -0.119. The Morgan fingerprint density at radius 2 is 1.32 bits per heavy atom.